The average Bonchev–Trinajstić information content (AvgIpc) is 2.95. The van der Waals surface area contributed by atoms with Crippen molar-refractivity contribution in [2.75, 3.05) is 11.4 Å². The van der Waals surface area contributed by atoms with Gasteiger partial charge in [0.2, 0.25) is 9.84 Å². The van der Waals surface area contributed by atoms with Gasteiger partial charge in [-0.05, 0) is 44.4 Å². The minimum absolute atomic E-state index is 0.127. The lowest BCUT2D eigenvalue weighted by molar-refractivity contribution is -0.117. The second-order valence-corrected chi connectivity index (χ2v) is 7.78. The number of carbonyl (C=O) groups is 1. The van der Waals surface area contributed by atoms with Gasteiger partial charge in [-0.15, -0.1) is 0 Å². The van der Waals surface area contributed by atoms with Crippen LogP contribution in [0.1, 0.15) is 33.1 Å². The fourth-order valence-corrected chi connectivity index (χ4v) is 4.78. The number of hydrogen-bond donors (Lipinski definition) is 1. The van der Waals surface area contributed by atoms with E-state index in [9.17, 15) is 17.6 Å². The van der Waals surface area contributed by atoms with Crippen molar-refractivity contribution < 1.29 is 17.6 Å². The average molecular weight is 338 g/mol. The molecule has 2 aliphatic heterocycles. The summed E-state index contributed by atoms with van der Waals surface area (Å²) < 4.78 is 39.4. The molecule has 1 saturated heterocycles. The Morgan fingerprint density at radius 1 is 1.43 bits per heavy atom. The lowest BCUT2D eigenvalue weighted by Crippen LogP contribution is -2.39. The minimum Gasteiger partial charge on any atom is -0.349 e. The first-order valence-corrected chi connectivity index (χ1v) is 9.20. The molecule has 0 unspecified atom stereocenters. The van der Waals surface area contributed by atoms with Gasteiger partial charge < -0.3 is 10.2 Å². The highest BCUT2D eigenvalue weighted by molar-refractivity contribution is 7.96. The number of anilines is 1. The molecule has 124 valence electrons. The van der Waals surface area contributed by atoms with Crippen LogP contribution in [-0.2, 0) is 14.6 Å². The number of benzene rings is 1. The first-order chi connectivity index (χ1) is 10.9. The Balaban J connectivity index is 2.16. The minimum atomic E-state index is -4.03. The second-order valence-electron chi connectivity index (χ2n) is 5.93. The van der Waals surface area contributed by atoms with Gasteiger partial charge in [-0.1, -0.05) is 6.92 Å². The van der Waals surface area contributed by atoms with E-state index in [1.165, 1.54) is 12.1 Å². The third-order valence-corrected chi connectivity index (χ3v) is 6.21. The van der Waals surface area contributed by atoms with Gasteiger partial charge in [-0.3, -0.25) is 4.79 Å². The summed E-state index contributed by atoms with van der Waals surface area (Å²) >= 11 is 0. The van der Waals surface area contributed by atoms with Crippen LogP contribution in [0.3, 0.4) is 0 Å². The zero-order valence-corrected chi connectivity index (χ0v) is 13.9. The number of sulfone groups is 1. The fraction of sp³-hybridized carbons (Fsp3) is 0.438. The standard InChI is InChI=1S/C16H19FN2O3S/c1-3-10(2)18-16(20)15-13-5-4-8-19(13)12-7-6-11(17)9-14(12)23(15,21)22/h6-7,9-10H,3-5,8H2,1-2H3,(H,18,20)/t10-/m0/s1. The molecule has 2 aliphatic rings. The molecule has 1 atom stereocenters. The van der Waals surface area contributed by atoms with Crippen molar-refractivity contribution in [1.29, 1.82) is 0 Å². The fourth-order valence-electron chi connectivity index (χ4n) is 3.01. The molecule has 1 aromatic carbocycles. The molecule has 1 N–H and O–H groups in total. The van der Waals surface area contributed by atoms with Crippen LogP contribution in [0.5, 0.6) is 0 Å². The van der Waals surface area contributed by atoms with Crippen molar-refractivity contribution >= 4 is 21.4 Å². The van der Waals surface area contributed by atoms with Crippen LogP contribution in [0.25, 0.3) is 0 Å². The summed E-state index contributed by atoms with van der Waals surface area (Å²) in [6.45, 7) is 4.35. The maximum absolute atomic E-state index is 13.6. The Hall–Kier alpha value is -1.89. The molecule has 5 nitrogen and oxygen atoms in total. The van der Waals surface area contributed by atoms with Gasteiger partial charge in [-0.2, -0.15) is 0 Å². The van der Waals surface area contributed by atoms with E-state index in [2.05, 4.69) is 5.32 Å². The van der Waals surface area contributed by atoms with E-state index in [4.69, 9.17) is 0 Å². The molecular formula is C16H19FN2O3S. The number of nitrogens with one attached hydrogen (secondary N) is 1. The summed E-state index contributed by atoms with van der Waals surface area (Å²) in [5, 5.41) is 2.72. The Bertz CT molecular complexity index is 802. The monoisotopic (exact) mass is 338 g/mol. The number of amides is 1. The largest absolute Gasteiger partial charge is 0.349 e. The molecule has 0 aromatic heterocycles. The van der Waals surface area contributed by atoms with Crippen molar-refractivity contribution in [3.8, 4) is 0 Å². The molecule has 2 heterocycles. The summed E-state index contributed by atoms with van der Waals surface area (Å²) in [6, 6.07) is 3.58. The zero-order valence-electron chi connectivity index (χ0n) is 13.1. The maximum atomic E-state index is 13.6. The number of rotatable bonds is 3. The van der Waals surface area contributed by atoms with Gasteiger partial charge in [0.15, 0.2) is 4.91 Å². The van der Waals surface area contributed by atoms with E-state index < -0.39 is 21.6 Å². The van der Waals surface area contributed by atoms with Gasteiger partial charge in [0.1, 0.15) is 5.82 Å². The highest BCUT2D eigenvalue weighted by atomic mass is 32.2. The van der Waals surface area contributed by atoms with E-state index >= 15 is 0 Å². The van der Waals surface area contributed by atoms with Crippen molar-refractivity contribution in [1.82, 2.24) is 5.32 Å². The highest BCUT2D eigenvalue weighted by Crippen LogP contribution is 2.43. The number of fused-ring (bicyclic) bond motifs is 3. The topological polar surface area (TPSA) is 66.5 Å². The van der Waals surface area contributed by atoms with Crippen LogP contribution in [0.15, 0.2) is 33.7 Å². The third kappa shape index (κ3) is 2.52. The molecule has 3 rings (SSSR count). The van der Waals surface area contributed by atoms with E-state index in [0.717, 1.165) is 12.5 Å². The van der Waals surface area contributed by atoms with Crippen LogP contribution in [0.2, 0.25) is 0 Å². The first kappa shape index (κ1) is 16.0. The highest BCUT2D eigenvalue weighted by Gasteiger charge is 2.42. The van der Waals surface area contributed by atoms with Crippen LogP contribution in [-0.4, -0.2) is 26.9 Å². The van der Waals surface area contributed by atoms with Gasteiger partial charge in [-0.25, -0.2) is 12.8 Å². The molecule has 0 bridgehead atoms. The molecule has 23 heavy (non-hydrogen) atoms. The van der Waals surface area contributed by atoms with Crippen LogP contribution >= 0.6 is 0 Å². The quantitative estimate of drug-likeness (QED) is 0.919. The molecule has 1 amide bonds. The molecule has 0 aliphatic carbocycles. The lowest BCUT2D eigenvalue weighted by atomic mass is 10.2. The summed E-state index contributed by atoms with van der Waals surface area (Å²) in [4.78, 5) is 14.0. The van der Waals surface area contributed by atoms with Crippen LogP contribution in [0, 0.1) is 5.82 Å². The second kappa shape index (κ2) is 5.63. The Morgan fingerprint density at radius 3 is 2.87 bits per heavy atom. The van der Waals surface area contributed by atoms with E-state index in [-0.39, 0.29) is 15.8 Å². The number of allylic oxidation sites excluding steroid dienone is 1. The summed E-state index contributed by atoms with van der Waals surface area (Å²) in [7, 11) is -4.03. The van der Waals surface area contributed by atoms with Crippen LogP contribution in [0.4, 0.5) is 10.1 Å². The van der Waals surface area contributed by atoms with Gasteiger partial charge in [0.05, 0.1) is 10.6 Å². The Kier molecular flexibility index (Phi) is 3.91. The Morgan fingerprint density at radius 2 is 2.17 bits per heavy atom. The first-order valence-electron chi connectivity index (χ1n) is 7.72. The predicted octanol–water partition coefficient (Wildman–Crippen LogP) is 2.34. The molecule has 7 heteroatoms. The van der Waals surface area contributed by atoms with E-state index in [1.807, 2.05) is 18.7 Å². The lowest BCUT2D eigenvalue weighted by Gasteiger charge is -2.30. The summed E-state index contributed by atoms with van der Waals surface area (Å²) in [5.41, 5.74) is 0.976. The number of carbonyl (C=O) groups excluding carboxylic acids is 1. The van der Waals surface area contributed by atoms with E-state index in [0.29, 0.717) is 30.8 Å². The summed E-state index contributed by atoms with van der Waals surface area (Å²) in [6.07, 6.45) is 1.99. The van der Waals surface area contributed by atoms with Gasteiger partial charge >= 0.3 is 0 Å². The molecule has 1 aromatic rings. The normalized spacial score (nSPS) is 20.0. The molecule has 0 saturated carbocycles. The van der Waals surface area contributed by atoms with Crippen molar-refractivity contribution in [3.63, 3.8) is 0 Å². The smallest absolute Gasteiger partial charge is 0.265 e. The molecule has 0 radical (unpaired) electrons. The number of nitrogens with zero attached hydrogens (tertiary/aromatic N) is 1. The van der Waals surface area contributed by atoms with Gasteiger partial charge in [0, 0.05) is 18.3 Å². The van der Waals surface area contributed by atoms with E-state index in [1.54, 1.807) is 0 Å². The number of hydrogen-bond acceptors (Lipinski definition) is 4. The number of halogens is 1. The molecule has 0 spiro atoms. The third-order valence-electron chi connectivity index (χ3n) is 4.35. The molecular weight excluding hydrogens is 319 g/mol. The van der Waals surface area contributed by atoms with Gasteiger partial charge in [0.25, 0.3) is 5.91 Å². The zero-order chi connectivity index (χ0) is 16.8. The summed E-state index contributed by atoms with van der Waals surface area (Å²) in [5.74, 6) is -1.23. The molecule has 1 fully saturated rings. The van der Waals surface area contributed by atoms with Crippen molar-refractivity contribution in [3.05, 3.63) is 34.6 Å². The van der Waals surface area contributed by atoms with Crippen molar-refractivity contribution in [2.24, 2.45) is 0 Å². The van der Waals surface area contributed by atoms with Crippen molar-refractivity contribution in [2.45, 2.75) is 44.0 Å². The van der Waals surface area contributed by atoms with Crippen LogP contribution < -0.4 is 10.2 Å². The Labute approximate surface area is 135 Å². The SMILES string of the molecule is CC[C@H](C)NC(=O)C1=C2CCCN2c2ccc(F)cc2S1(=O)=O. The predicted molar refractivity (Wildman–Crippen MR) is 85.1 cm³/mol. The maximum Gasteiger partial charge on any atom is 0.265 e.